The van der Waals surface area contributed by atoms with Crippen LogP contribution >= 0.6 is 11.3 Å². The van der Waals surface area contributed by atoms with E-state index in [0.717, 1.165) is 17.8 Å². The van der Waals surface area contributed by atoms with Crippen molar-refractivity contribution >= 4 is 21.4 Å². The lowest BCUT2D eigenvalue weighted by atomic mass is 10.2. The van der Waals surface area contributed by atoms with E-state index in [1.54, 1.807) is 11.3 Å². The molecule has 0 unspecified atom stereocenters. The van der Waals surface area contributed by atoms with E-state index >= 15 is 0 Å². The molecule has 0 aliphatic carbocycles. The third-order valence-electron chi connectivity index (χ3n) is 3.31. The second kappa shape index (κ2) is 4.55. The molecular formula is C14H15N3S. The molecule has 1 aromatic carbocycles. The van der Waals surface area contributed by atoms with Crippen molar-refractivity contribution in [2.75, 3.05) is 0 Å². The van der Waals surface area contributed by atoms with Crippen LogP contribution in [-0.2, 0) is 13.1 Å². The molecule has 0 radical (unpaired) electrons. The van der Waals surface area contributed by atoms with Gasteiger partial charge in [0.25, 0.3) is 0 Å². The predicted molar refractivity (Wildman–Crippen MR) is 75.8 cm³/mol. The summed E-state index contributed by atoms with van der Waals surface area (Å²) in [5, 5.41) is 7.95. The van der Waals surface area contributed by atoms with Gasteiger partial charge in [-0.05, 0) is 29.3 Å². The second-order valence-corrected chi connectivity index (χ2v) is 5.29. The first-order chi connectivity index (χ1) is 8.79. The number of nitrogens with zero attached hydrogens (tertiary/aromatic N) is 2. The highest BCUT2D eigenvalue weighted by Gasteiger charge is 2.08. The van der Waals surface area contributed by atoms with Crippen molar-refractivity contribution in [3.05, 3.63) is 52.7 Å². The zero-order chi connectivity index (χ0) is 12.5. The fourth-order valence-electron chi connectivity index (χ4n) is 2.16. The molecule has 0 saturated heterocycles. The molecule has 2 N–H and O–H groups in total. The number of hydrogen-bond donors (Lipinski definition) is 1. The van der Waals surface area contributed by atoms with Gasteiger partial charge in [-0.2, -0.15) is 5.10 Å². The monoisotopic (exact) mass is 257 g/mol. The number of thiophene rings is 1. The maximum atomic E-state index is 5.68. The van der Waals surface area contributed by atoms with Gasteiger partial charge in [-0.25, -0.2) is 0 Å². The molecule has 0 fully saturated rings. The average molecular weight is 257 g/mol. The standard InChI is InChI=1S/C14H15N3S/c1-10-11(6-15)7-16-17(10)8-12-9-18-14-5-3-2-4-13(12)14/h2-5,7,9H,6,8,15H2,1H3. The normalized spacial score (nSPS) is 11.2. The smallest absolute Gasteiger partial charge is 0.0676 e. The van der Waals surface area contributed by atoms with Crippen LogP contribution in [0.1, 0.15) is 16.8 Å². The van der Waals surface area contributed by atoms with Crippen molar-refractivity contribution in [1.82, 2.24) is 9.78 Å². The van der Waals surface area contributed by atoms with Gasteiger partial charge in [-0.1, -0.05) is 18.2 Å². The summed E-state index contributed by atoms with van der Waals surface area (Å²) in [7, 11) is 0. The lowest BCUT2D eigenvalue weighted by Crippen LogP contribution is -2.05. The van der Waals surface area contributed by atoms with Gasteiger partial charge < -0.3 is 5.73 Å². The quantitative estimate of drug-likeness (QED) is 0.784. The molecule has 2 aromatic heterocycles. The van der Waals surface area contributed by atoms with Gasteiger partial charge in [0.15, 0.2) is 0 Å². The molecule has 0 aliphatic rings. The van der Waals surface area contributed by atoms with Crippen molar-refractivity contribution < 1.29 is 0 Å². The minimum atomic E-state index is 0.552. The fraction of sp³-hybridized carbons (Fsp3) is 0.214. The van der Waals surface area contributed by atoms with Gasteiger partial charge in [-0.15, -0.1) is 11.3 Å². The van der Waals surface area contributed by atoms with E-state index in [2.05, 4.69) is 41.7 Å². The van der Waals surface area contributed by atoms with Gasteiger partial charge in [0.05, 0.1) is 12.7 Å². The maximum absolute atomic E-state index is 5.68. The van der Waals surface area contributed by atoms with E-state index in [1.807, 2.05) is 10.9 Å². The number of fused-ring (bicyclic) bond motifs is 1. The number of benzene rings is 1. The van der Waals surface area contributed by atoms with Gasteiger partial charge in [0.1, 0.15) is 0 Å². The third-order valence-corrected chi connectivity index (χ3v) is 4.32. The molecule has 0 bridgehead atoms. The first-order valence-electron chi connectivity index (χ1n) is 5.96. The van der Waals surface area contributed by atoms with Crippen LogP contribution in [0.4, 0.5) is 0 Å². The second-order valence-electron chi connectivity index (χ2n) is 4.37. The van der Waals surface area contributed by atoms with Crippen molar-refractivity contribution in [2.24, 2.45) is 5.73 Å². The van der Waals surface area contributed by atoms with E-state index in [4.69, 9.17) is 5.73 Å². The van der Waals surface area contributed by atoms with Gasteiger partial charge in [0, 0.05) is 22.5 Å². The topological polar surface area (TPSA) is 43.8 Å². The molecule has 0 atom stereocenters. The first-order valence-corrected chi connectivity index (χ1v) is 6.84. The third kappa shape index (κ3) is 1.83. The SMILES string of the molecule is Cc1c(CN)cnn1Cc1csc2ccccc12. The summed E-state index contributed by atoms with van der Waals surface area (Å²) >= 11 is 1.79. The largest absolute Gasteiger partial charge is 0.326 e. The fourth-order valence-corrected chi connectivity index (χ4v) is 3.12. The Morgan fingerprint density at radius 2 is 2.11 bits per heavy atom. The summed E-state index contributed by atoms with van der Waals surface area (Å²) in [5.41, 5.74) is 9.28. The molecule has 0 saturated carbocycles. The molecular weight excluding hydrogens is 242 g/mol. The molecule has 92 valence electrons. The number of nitrogens with two attached hydrogens (primary N) is 1. The zero-order valence-electron chi connectivity index (χ0n) is 10.3. The van der Waals surface area contributed by atoms with Gasteiger partial charge >= 0.3 is 0 Å². The molecule has 0 amide bonds. The van der Waals surface area contributed by atoms with Crippen molar-refractivity contribution in [3.63, 3.8) is 0 Å². The van der Waals surface area contributed by atoms with Crippen LogP contribution in [0.15, 0.2) is 35.8 Å². The Balaban J connectivity index is 1.99. The van der Waals surface area contributed by atoms with Crippen LogP contribution < -0.4 is 5.73 Å². The Bertz CT molecular complexity index is 681. The highest BCUT2D eigenvalue weighted by atomic mass is 32.1. The summed E-state index contributed by atoms with van der Waals surface area (Å²) in [6.07, 6.45) is 1.86. The van der Waals surface area contributed by atoms with E-state index in [9.17, 15) is 0 Å². The van der Waals surface area contributed by atoms with Crippen LogP contribution in [0, 0.1) is 6.92 Å². The van der Waals surface area contributed by atoms with E-state index < -0.39 is 0 Å². The zero-order valence-corrected chi connectivity index (χ0v) is 11.1. The van der Waals surface area contributed by atoms with Crippen LogP contribution in [0.25, 0.3) is 10.1 Å². The van der Waals surface area contributed by atoms with Crippen LogP contribution in [-0.4, -0.2) is 9.78 Å². The Morgan fingerprint density at radius 1 is 1.28 bits per heavy atom. The Morgan fingerprint density at radius 3 is 2.89 bits per heavy atom. The molecule has 2 heterocycles. The molecule has 0 aliphatic heterocycles. The molecule has 3 aromatic rings. The van der Waals surface area contributed by atoms with Gasteiger partial charge in [0.2, 0.25) is 0 Å². The summed E-state index contributed by atoms with van der Waals surface area (Å²) in [6.45, 7) is 3.44. The lowest BCUT2D eigenvalue weighted by molar-refractivity contribution is 0.667. The van der Waals surface area contributed by atoms with E-state index in [-0.39, 0.29) is 0 Å². The minimum Gasteiger partial charge on any atom is -0.326 e. The highest BCUT2D eigenvalue weighted by Crippen LogP contribution is 2.26. The summed E-state index contributed by atoms with van der Waals surface area (Å²) in [6, 6.07) is 8.49. The number of rotatable bonds is 3. The van der Waals surface area contributed by atoms with Crippen LogP contribution in [0.3, 0.4) is 0 Å². The average Bonchev–Trinajstić information content (AvgIpc) is 2.96. The summed E-state index contributed by atoms with van der Waals surface area (Å²) < 4.78 is 3.35. The minimum absolute atomic E-state index is 0.552. The lowest BCUT2D eigenvalue weighted by Gasteiger charge is -2.04. The first kappa shape index (κ1) is 11.4. The van der Waals surface area contributed by atoms with E-state index in [1.165, 1.54) is 15.6 Å². The number of hydrogen-bond acceptors (Lipinski definition) is 3. The van der Waals surface area contributed by atoms with Crippen LogP contribution in [0.2, 0.25) is 0 Å². The molecule has 3 rings (SSSR count). The maximum Gasteiger partial charge on any atom is 0.0676 e. The van der Waals surface area contributed by atoms with E-state index in [0.29, 0.717) is 6.54 Å². The van der Waals surface area contributed by atoms with Crippen LogP contribution in [0.5, 0.6) is 0 Å². The Kier molecular flexibility index (Phi) is 2.89. The summed E-state index contributed by atoms with van der Waals surface area (Å²) in [4.78, 5) is 0. The van der Waals surface area contributed by atoms with Crippen molar-refractivity contribution in [1.29, 1.82) is 0 Å². The predicted octanol–water partition coefficient (Wildman–Crippen LogP) is 2.91. The molecule has 18 heavy (non-hydrogen) atoms. The van der Waals surface area contributed by atoms with Gasteiger partial charge in [-0.3, -0.25) is 4.68 Å². The Hall–Kier alpha value is -1.65. The molecule has 0 spiro atoms. The van der Waals surface area contributed by atoms with Crippen molar-refractivity contribution in [3.8, 4) is 0 Å². The highest BCUT2D eigenvalue weighted by molar-refractivity contribution is 7.17. The number of aromatic nitrogens is 2. The molecule has 4 heteroatoms. The Labute approximate surface area is 110 Å². The molecule has 3 nitrogen and oxygen atoms in total. The summed E-state index contributed by atoms with van der Waals surface area (Å²) in [5.74, 6) is 0. The van der Waals surface area contributed by atoms with Crippen molar-refractivity contribution in [2.45, 2.75) is 20.0 Å².